The second-order valence-electron chi connectivity index (χ2n) is 5.32. The molecule has 1 spiro atoms. The largest absolute Gasteiger partial charge is 0.409 e. The monoisotopic (exact) mass is 297 g/mol. The van der Waals surface area contributed by atoms with Crippen LogP contribution in [0, 0.1) is 0 Å². The Kier molecular flexibility index (Phi) is 3.84. The van der Waals surface area contributed by atoms with Crippen molar-refractivity contribution in [3.8, 4) is 0 Å². The quantitative estimate of drug-likeness (QED) is 0.365. The van der Waals surface area contributed by atoms with Crippen LogP contribution >= 0.6 is 11.8 Å². The van der Waals surface area contributed by atoms with E-state index in [1.807, 2.05) is 16.4 Å². The molecule has 0 bridgehead atoms. The first-order valence-corrected chi connectivity index (χ1v) is 7.99. The van der Waals surface area contributed by atoms with E-state index in [2.05, 4.69) is 15.2 Å². The summed E-state index contributed by atoms with van der Waals surface area (Å²) in [6.07, 6.45) is 5.76. The summed E-state index contributed by atoms with van der Waals surface area (Å²) in [7, 11) is 0. The molecule has 3 N–H and O–H groups in total. The number of rotatable bonds is 2. The topological polar surface area (TPSA) is 98.6 Å². The smallest absolute Gasteiger partial charge is 0.219 e. The lowest BCUT2D eigenvalue weighted by Crippen LogP contribution is -2.43. The van der Waals surface area contributed by atoms with Gasteiger partial charge in [-0.25, -0.2) is 9.67 Å². The Bertz CT molecular complexity index is 492. The van der Waals surface area contributed by atoms with Crippen LogP contribution in [0.3, 0.4) is 0 Å². The number of amidine groups is 1. The van der Waals surface area contributed by atoms with Crippen LogP contribution in [0.1, 0.15) is 37.5 Å². The Morgan fingerprint density at radius 3 is 3.10 bits per heavy atom. The minimum Gasteiger partial charge on any atom is -0.409 e. The average molecular weight is 297 g/mol. The third kappa shape index (κ3) is 2.62. The van der Waals surface area contributed by atoms with Crippen molar-refractivity contribution in [3.05, 3.63) is 12.2 Å². The van der Waals surface area contributed by atoms with E-state index in [0.29, 0.717) is 0 Å². The van der Waals surface area contributed by atoms with E-state index in [4.69, 9.17) is 15.7 Å². The van der Waals surface area contributed by atoms with Gasteiger partial charge in [0.2, 0.25) is 11.7 Å². The number of aromatic nitrogens is 3. The van der Waals surface area contributed by atoms with Crippen molar-refractivity contribution in [3.63, 3.8) is 0 Å². The number of nitrogens with zero attached hydrogens (tertiary/aromatic N) is 4. The molecule has 2 fully saturated rings. The van der Waals surface area contributed by atoms with Gasteiger partial charge in [0.15, 0.2) is 0 Å². The van der Waals surface area contributed by atoms with E-state index in [1.165, 1.54) is 11.5 Å². The van der Waals surface area contributed by atoms with Crippen molar-refractivity contribution < 1.29 is 9.94 Å². The maximum absolute atomic E-state index is 8.66. The summed E-state index contributed by atoms with van der Waals surface area (Å²) in [4.78, 5) is 4.09. The predicted molar refractivity (Wildman–Crippen MR) is 76.0 cm³/mol. The molecule has 1 aromatic rings. The van der Waals surface area contributed by atoms with Gasteiger partial charge in [-0.1, -0.05) is 5.16 Å². The molecule has 110 valence electrons. The molecule has 3 heterocycles. The van der Waals surface area contributed by atoms with E-state index in [1.54, 1.807) is 6.33 Å². The van der Waals surface area contributed by atoms with Crippen molar-refractivity contribution in [2.24, 2.45) is 10.9 Å². The van der Waals surface area contributed by atoms with Crippen molar-refractivity contribution >= 4 is 17.6 Å². The summed E-state index contributed by atoms with van der Waals surface area (Å²) in [5, 5.41) is 15.9. The summed E-state index contributed by atoms with van der Waals surface area (Å²) in [6.45, 7) is 0.758. The third-order valence-electron chi connectivity index (χ3n) is 4.09. The van der Waals surface area contributed by atoms with Crippen LogP contribution in [0.5, 0.6) is 0 Å². The third-order valence-corrected chi connectivity index (χ3v) is 5.08. The lowest BCUT2D eigenvalue weighted by Gasteiger charge is -2.43. The van der Waals surface area contributed by atoms with Gasteiger partial charge in [0.05, 0.1) is 11.6 Å². The lowest BCUT2D eigenvalue weighted by molar-refractivity contribution is -0.100. The molecular weight excluding hydrogens is 278 g/mol. The van der Waals surface area contributed by atoms with Gasteiger partial charge in [-0.15, -0.1) is 5.10 Å². The van der Waals surface area contributed by atoms with Gasteiger partial charge in [-0.3, -0.25) is 0 Å². The Morgan fingerprint density at radius 2 is 2.35 bits per heavy atom. The second kappa shape index (κ2) is 5.61. The van der Waals surface area contributed by atoms with Crippen LogP contribution < -0.4 is 5.73 Å². The van der Waals surface area contributed by atoms with Crippen molar-refractivity contribution in [1.82, 2.24) is 14.8 Å². The Balaban J connectivity index is 1.75. The van der Waals surface area contributed by atoms with Crippen LogP contribution in [0.2, 0.25) is 0 Å². The minimum absolute atomic E-state index is 0.0108. The Hall–Kier alpha value is -1.28. The first-order valence-electron chi connectivity index (χ1n) is 6.83. The van der Waals surface area contributed by atoms with Gasteiger partial charge in [0, 0.05) is 6.61 Å². The molecule has 20 heavy (non-hydrogen) atoms. The van der Waals surface area contributed by atoms with Crippen molar-refractivity contribution in [2.45, 2.75) is 37.3 Å². The van der Waals surface area contributed by atoms with Crippen LogP contribution in [-0.2, 0) is 4.74 Å². The molecule has 2 aliphatic rings. The summed E-state index contributed by atoms with van der Waals surface area (Å²) < 4.78 is 7.90. The first kappa shape index (κ1) is 13.7. The van der Waals surface area contributed by atoms with Gasteiger partial charge in [-0.05, 0) is 37.2 Å². The van der Waals surface area contributed by atoms with Crippen LogP contribution in [0.4, 0.5) is 0 Å². The number of nitrogens with two attached hydrogens (primary N) is 1. The fourth-order valence-electron chi connectivity index (χ4n) is 2.93. The highest BCUT2D eigenvalue weighted by molar-refractivity contribution is 7.99. The Labute approximate surface area is 121 Å². The van der Waals surface area contributed by atoms with E-state index in [-0.39, 0.29) is 23.3 Å². The molecule has 0 aliphatic carbocycles. The molecule has 0 amide bonds. The predicted octanol–water partition coefficient (Wildman–Crippen LogP) is 0.990. The van der Waals surface area contributed by atoms with Crippen molar-refractivity contribution in [1.29, 1.82) is 0 Å². The van der Waals surface area contributed by atoms with E-state index < -0.39 is 0 Å². The summed E-state index contributed by atoms with van der Waals surface area (Å²) >= 11 is 2.00. The number of hydrogen-bond donors (Lipinski definition) is 2. The molecule has 0 saturated carbocycles. The van der Waals surface area contributed by atoms with E-state index >= 15 is 0 Å². The molecule has 0 aromatic carbocycles. The fourth-order valence-corrected chi connectivity index (χ4v) is 4.17. The molecule has 8 heteroatoms. The first-order chi connectivity index (χ1) is 9.72. The molecule has 7 nitrogen and oxygen atoms in total. The van der Waals surface area contributed by atoms with Crippen molar-refractivity contribution in [2.75, 3.05) is 18.1 Å². The molecule has 0 radical (unpaired) electrons. The highest BCUT2D eigenvalue weighted by Crippen LogP contribution is 2.41. The fraction of sp³-hybridized carbons (Fsp3) is 0.750. The van der Waals surface area contributed by atoms with Crippen LogP contribution in [0.25, 0.3) is 0 Å². The summed E-state index contributed by atoms with van der Waals surface area (Å²) in [6, 6.07) is 0.277. The average Bonchev–Trinajstić information content (AvgIpc) is 2.97. The minimum atomic E-state index is -0.0559. The normalized spacial score (nSPS) is 26.8. The number of oxime groups is 1. The number of hydrogen-bond acceptors (Lipinski definition) is 6. The summed E-state index contributed by atoms with van der Waals surface area (Å²) in [5.41, 5.74) is 5.52. The van der Waals surface area contributed by atoms with Crippen LogP contribution in [-0.4, -0.2) is 49.5 Å². The van der Waals surface area contributed by atoms with Gasteiger partial charge < -0.3 is 15.7 Å². The second-order valence-corrected chi connectivity index (χ2v) is 6.55. The maximum atomic E-state index is 8.66. The number of ether oxygens (including phenoxy) is 1. The zero-order valence-corrected chi connectivity index (χ0v) is 12.1. The Morgan fingerprint density at radius 1 is 1.55 bits per heavy atom. The van der Waals surface area contributed by atoms with Gasteiger partial charge in [-0.2, -0.15) is 11.8 Å². The molecule has 1 atom stereocenters. The molecule has 1 aromatic heterocycles. The number of thioether (sulfide) groups is 1. The molecule has 3 rings (SSSR count). The zero-order valence-electron chi connectivity index (χ0n) is 11.2. The summed E-state index contributed by atoms with van der Waals surface area (Å²) in [5.74, 6) is 2.55. The lowest BCUT2D eigenvalue weighted by atomic mass is 9.85. The van der Waals surface area contributed by atoms with Crippen LogP contribution in [0.15, 0.2) is 11.5 Å². The standard InChI is InChI=1S/C12H19N5O2S/c13-10(16-18)11-14-8-17(15-11)9-1-4-19-12(7-9)2-5-20-6-3-12/h8-9,18H,1-7H2,(H2,13,16). The SMILES string of the molecule is NC(=NO)c1ncn(C2CCOC3(CCSCC3)C2)n1. The maximum Gasteiger partial charge on any atom is 0.219 e. The van der Waals surface area contributed by atoms with E-state index in [9.17, 15) is 0 Å². The molecular formula is C12H19N5O2S. The van der Waals surface area contributed by atoms with Gasteiger partial charge >= 0.3 is 0 Å². The highest BCUT2D eigenvalue weighted by atomic mass is 32.2. The molecule has 2 saturated heterocycles. The molecule has 2 aliphatic heterocycles. The van der Waals surface area contributed by atoms with Gasteiger partial charge in [0.25, 0.3) is 0 Å². The van der Waals surface area contributed by atoms with E-state index in [0.717, 1.165) is 32.3 Å². The highest BCUT2D eigenvalue weighted by Gasteiger charge is 2.39. The van der Waals surface area contributed by atoms with Gasteiger partial charge in [0.1, 0.15) is 6.33 Å². The molecule has 1 unspecified atom stereocenters. The zero-order chi connectivity index (χ0) is 14.0.